The number of hydrogen-bond donors (Lipinski definition) is 2. The second kappa shape index (κ2) is 9.38. The van der Waals surface area contributed by atoms with Crippen molar-refractivity contribution in [1.82, 2.24) is 19.9 Å². The van der Waals surface area contributed by atoms with Crippen LogP contribution in [-0.2, 0) is 11.0 Å². The predicted molar refractivity (Wildman–Crippen MR) is 123 cm³/mol. The van der Waals surface area contributed by atoms with Crippen molar-refractivity contribution >= 4 is 29.1 Å². The van der Waals surface area contributed by atoms with Crippen LogP contribution in [-0.4, -0.2) is 37.6 Å². The van der Waals surface area contributed by atoms with E-state index in [2.05, 4.69) is 15.4 Å². The minimum absolute atomic E-state index is 0.0172. The summed E-state index contributed by atoms with van der Waals surface area (Å²) < 4.78 is 40.7. The lowest BCUT2D eigenvalue weighted by Crippen LogP contribution is -2.40. The van der Waals surface area contributed by atoms with Gasteiger partial charge in [-0.15, -0.1) is 0 Å². The first-order valence-electron chi connectivity index (χ1n) is 10.4. The SMILES string of the molecule is CCC(NC(=O)c1cnn2c(-c3ccc(C(F)(F)F)cc3)c(-c3ccccc3Cl)cnc12)C(=O)O. The third-order valence-electron chi connectivity index (χ3n) is 5.43. The zero-order valence-electron chi connectivity index (χ0n) is 18.2. The molecule has 1 atom stereocenters. The normalized spacial score (nSPS) is 12.5. The topological polar surface area (TPSA) is 96.6 Å². The summed E-state index contributed by atoms with van der Waals surface area (Å²) in [6.07, 6.45) is -1.65. The van der Waals surface area contributed by atoms with Crippen molar-refractivity contribution in [3.63, 3.8) is 0 Å². The Morgan fingerprint density at radius 3 is 2.37 bits per heavy atom. The van der Waals surface area contributed by atoms with E-state index in [1.807, 2.05) is 0 Å². The lowest BCUT2D eigenvalue weighted by atomic mass is 9.99. The van der Waals surface area contributed by atoms with Crippen molar-refractivity contribution in [2.75, 3.05) is 0 Å². The molecule has 0 aliphatic carbocycles. The van der Waals surface area contributed by atoms with Crippen LogP contribution in [0.25, 0.3) is 28.0 Å². The molecule has 0 saturated heterocycles. The van der Waals surface area contributed by atoms with Crippen molar-refractivity contribution in [3.8, 4) is 22.4 Å². The van der Waals surface area contributed by atoms with Crippen LogP contribution in [0, 0.1) is 0 Å². The first-order valence-corrected chi connectivity index (χ1v) is 10.8. The first kappa shape index (κ1) is 24.2. The number of aromatic nitrogens is 3. The molecule has 1 unspecified atom stereocenters. The fourth-order valence-electron chi connectivity index (χ4n) is 3.64. The quantitative estimate of drug-likeness (QED) is 0.371. The summed E-state index contributed by atoms with van der Waals surface area (Å²) >= 11 is 6.39. The molecule has 4 rings (SSSR count). The number of fused-ring (bicyclic) bond motifs is 1. The maximum absolute atomic E-state index is 13.1. The molecule has 0 fully saturated rings. The Morgan fingerprint density at radius 2 is 1.77 bits per heavy atom. The number of alkyl halides is 3. The van der Waals surface area contributed by atoms with E-state index in [4.69, 9.17) is 11.6 Å². The number of aliphatic carboxylic acids is 1. The van der Waals surface area contributed by atoms with Crippen molar-refractivity contribution < 1.29 is 27.9 Å². The second-order valence-electron chi connectivity index (χ2n) is 7.64. The van der Waals surface area contributed by atoms with Crippen LogP contribution < -0.4 is 5.32 Å². The van der Waals surface area contributed by atoms with E-state index in [0.29, 0.717) is 27.4 Å². The number of carbonyl (C=O) groups is 2. The summed E-state index contributed by atoms with van der Waals surface area (Å²) in [4.78, 5) is 28.5. The Balaban J connectivity index is 1.91. The molecular formula is C24H18ClF3N4O3. The molecule has 4 aromatic rings. The molecule has 0 aliphatic rings. The van der Waals surface area contributed by atoms with Gasteiger partial charge in [-0.1, -0.05) is 48.9 Å². The molecule has 180 valence electrons. The van der Waals surface area contributed by atoms with Gasteiger partial charge in [-0.05, 0) is 24.6 Å². The largest absolute Gasteiger partial charge is 0.480 e. The summed E-state index contributed by atoms with van der Waals surface area (Å²) in [5, 5.41) is 16.3. The van der Waals surface area contributed by atoms with E-state index < -0.39 is 29.7 Å². The summed E-state index contributed by atoms with van der Waals surface area (Å²) in [6, 6.07) is 10.3. The lowest BCUT2D eigenvalue weighted by molar-refractivity contribution is -0.139. The van der Waals surface area contributed by atoms with E-state index in [1.54, 1.807) is 31.2 Å². The van der Waals surface area contributed by atoms with Gasteiger partial charge in [-0.2, -0.15) is 18.3 Å². The summed E-state index contributed by atoms with van der Waals surface area (Å²) in [5.41, 5.74) is 1.10. The highest BCUT2D eigenvalue weighted by Crippen LogP contribution is 2.37. The Kier molecular flexibility index (Phi) is 6.49. The average molecular weight is 503 g/mol. The molecule has 1 amide bonds. The molecule has 11 heteroatoms. The van der Waals surface area contributed by atoms with Gasteiger partial charge in [0.2, 0.25) is 0 Å². The highest BCUT2D eigenvalue weighted by atomic mass is 35.5. The number of carbonyl (C=O) groups excluding carboxylic acids is 1. The number of benzene rings is 2. The van der Waals surface area contributed by atoms with Gasteiger partial charge in [0, 0.05) is 27.9 Å². The van der Waals surface area contributed by atoms with Crippen LogP contribution in [0.4, 0.5) is 13.2 Å². The zero-order valence-corrected chi connectivity index (χ0v) is 18.9. The van der Waals surface area contributed by atoms with E-state index >= 15 is 0 Å². The Hall–Kier alpha value is -3.92. The fourth-order valence-corrected chi connectivity index (χ4v) is 3.87. The minimum atomic E-state index is -4.51. The minimum Gasteiger partial charge on any atom is -0.480 e. The predicted octanol–water partition coefficient (Wildman–Crippen LogP) is 5.33. The third kappa shape index (κ3) is 4.69. The Bertz CT molecular complexity index is 1420. The number of halogens is 4. The van der Waals surface area contributed by atoms with Crippen LogP contribution in [0.3, 0.4) is 0 Å². The second-order valence-corrected chi connectivity index (χ2v) is 8.05. The number of carboxylic acids is 1. The molecule has 0 saturated carbocycles. The van der Waals surface area contributed by atoms with Gasteiger partial charge in [0.25, 0.3) is 5.91 Å². The van der Waals surface area contributed by atoms with Gasteiger partial charge in [0.15, 0.2) is 5.65 Å². The molecular weight excluding hydrogens is 485 g/mol. The van der Waals surface area contributed by atoms with E-state index in [9.17, 15) is 27.9 Å². The van der Waals surface area contributed by atoms with E-state index in [0.717, 1.165) is 12.1 Å². The maximum atomic E-state index is 13.1. The summed E-state index contributed by atoms with van der Waals surface area (Å²) in [5.74, 6) is -1.87. The van der Waals surface area contributed by atoms with Crippen molar-refractivity contribution in [2.45, 2.75) is 25.6 Å². The van der Waals surface area contributed by atoms with E-state index in [-0.39, 0.29) is 17.6 Å². The summed E-state index contributed by atoms with van der Waals surface area (Å²) in [7, 11) is 0. The van der Waals surface area contributed by atoms with Crippen LogP contribution in [0.15, 0.2) is 60.9 Å². The van der Waals surface area contributed by atoms with Gasteiger partial charge in [0.05, 0.1) is 17.5 Å². The summed E-state index contributed by atoms with van der Waals surface area (Å²) in [6.45, 7) is 1.62. The standard InChI is InChI=1S/C24H18ClF3N4O3/c1-2-19(23(34)35)31-22(33)17-12-30-32-20(13-7-9-14(10-8-13)24(26,27)28)16(11-29-21(17)32)15-5-3-4-6-18(15)25/h3-12,19H,2H2,1H3,(H,31,33)(H,34,35). The molecule has 2 aromatic carbocycles. The van der Waals surface area contributed by atoms with Gasteiger partial charge in [0.1, 0.15) is 11.6 Å². The molecule has 0 radical (unpaired) electrons. The molecule has 0 aliphatic heterocycles. The molecule has 0 spiro atoms. The Morgan fingerprint density at radius 1 is 1.09 bits per heavy atom. The molecule has 2 aromatic heterocycles. The number of hydrogen-bond acceptors (Lipinski definition) is 4. The van der Waals surface area contributed by atoms with Gasteiger partial charge >= 0.3 is 12.1 Å². The lowest BCUT2D eigenvalue weighted by Gasteiger charge is -2.15. The number of nitrogens with one attached hydrogen (secondary N) is 1. The van der Waals surface area contributed by atoms with Crippen LogP contribution in [0.2, 0.25) is 5.02 Å². The van der Waals surface area contributed by atoms with Crippen LogP contribution >= 0.6 is 11.6 Å². The molecule has 7 nitrogen and oxygen atoms in total. The Labute approximate surface area is 202 Å². The molecule has 35 heavy (non-hydrogen) atoms. The monoisotopic (exact) mass is 502 g/mol. The number of amides is 1. The number of rotatable bonds is 6. The van der Waals surface area contributed by atoms with Gasteiger partial charge < -0.3 is 10.4 Å². The van der Waals surface area contributed by atoms with Gasteiger partial charge in [-0.3, -0.25) is 4.79 Å². The third-order valence-corrected chi connectivity index (χ3v) is 5.76. The number of carboxylic acid groups (broad SMARTS) is 1. The number of nitrogens with zero attached hydrogens (tertiary/aromatic N) is 3. The van der Waals surface area contributed by atoms with Crippen molar-refractivity contribution in [1.29, 1.82) is 0 Å². The van der Waals surface area contributed by atoms with Crippen molar-refractivity contribution in [3.05, 3.63) is 77.1 Å². The highest BCUT2D eigenvalue weighted by molar-refractivity contribution is 6.33. The fraction of sp³-hybridized carbons (Fsp3) is 0.167. The van der Waals surface area contributed by atoms with Crippen LogP contribution in [0.1, 0.15) is 29.3 Å². The first-order chi connectivity index (χ1) is 16.6. The van der Waals surface area contributed by atoms with E-state index in [1.165, 1.54) is 29.0 Å². The van der Waals surface area contributed by atoms with Crippen LogP contribution in [0.5, 0.6) is 0 Å². The molecule has 2 N–H and O–H groups in total. The molecule has 2 heterocycles. The molecule has 0 bridgehead atoms. The smallest absolute Gasteiger partial charge is 0.416 e. The zero-order chi connectivity index (χ0) is 25.3. The average Bonchev–Trinajstić information content (AvgIpc) is 3.26. The maximum Gasteiger partial charge on any atom is 0.416 e. The highest BCUT2D eigenvalue weighted by Gasteiger charge is 2.30. The van der Waals surface area contributed by atoms with Gasteiger partial charge in [-0.25, -0.2) is 14.3 Å². The van der Waals surface area contributed by atoms with Crippen molar-refractivity contribution in [2.24, 2.45) is 0 Å².